The summed E-state index contributed by atoms with van der Waals surface area (Å²) in [6, 6.07) is 11.1. The molecule has 2 aromatic heterocycles. The molecule has 0 radical (unpaired) electrons. The lowest BCUT2D eigenvalue weighted by molar-refractivity contribution is 0.942. The molecule has 0 unspecified atom stereocenters. The van der Waals surface area contributed by atoms with Gasteiger partial charge in [0.15, 0.2) is 4.77 Å². The van der Waals surface area contributed by atoms with E-state index in [1.807, 2.05) is 17.5 Å². The third-order valence-electron chi connectivity index (χ3n) is 3.00. The van der Waals surface area contributed by atoms with Crippen LogP contribution in [-0.4, -0.2) is 9.55 Å². The van der Waals surface area contributed by atoms with Crippen LogP contribution < -0.4 is 5.56 Å². The molecule has 0 atom stereocenters. The fraction of sp³-hybridized carbons (Fsp3) is 0.0714. The number of hydrogen-bond acceptors (Lipinski definition) is 4. The van der Waals surface area contributed by atoms with Crippen molar-refractivity contribution in [1.82, 2.24) is 9.55 Å². The standard InChI is InChI=1S/C14H9N3OS2/c15-7-5-9-1-3-10(4-2-9)17-13(18)11-6-8-20-12(11)16-14(17)19/h1-4,6,8H,5H2,(H,16,19). The van der Waals surface area contributed by atoms with E-state index in [-0.39, 0.29) is 5.56 Å². The van der Waals surface area contributed by atoms with Crippen molar-refractivity contribution >= 4 is 33.8 Å². The van der Waals surface area contributed by atoms with Crippen molar-refractivity contribution in [3.63, 3.8) is 0 Å². The minimum atomic E-state index is -0.127. The number of aromatic amines is 1. The smallest absolute Gasteiger partial charge is 0.267 e. The van der Waals surface area contributed by atoms with Gasteiger partial charge in [0.2, 0.25) is 0 Å². The molecule has 0 bridgehead atoms. The van der Waals surface area contributed by atoms with Crippen molar-refractivity contribution in [2.24, 2.45) is 0 Å². The summed E-state index contributed by atoms with van der Waals surface area (Å²) in [6.45, 7) is 0. The summed E-state index contributed by atoms with van der Waals surface area (Å²) < 4.78 is 1.85. The van der Waals surface area contributed by atoms with Gasteiger partial charge in [-0.15, -0.1) is 11.3 Å². The summed E-state index contributed by atoms with van der Waals surface area (Å²) in [4.78, 5) is 16.3. The highest BCUT2D eigenvalue weighted by Gasteiger charge is 2.08. The minimum absolute atomic E-state index is 0.127. The maximum Gasteiger partial charge on any atom is 0.267 e. The lowest BCUT2D eigenvalue weighted by Gasteiger charge is -2.06. The van der Waals surface area contributed by atoms with E-state index in [1.54, 1.807) is 18.2 Å². The molecule has 0 spiro atoms. The Labute approximate surface area is 123 Å². The van der Waals surface area contributed by atoms with Crippen molar-refractivity contribution in [1.29, 1.82) is 5.26 Å². The normalized spacial score (nSPS) is 10.6. The van der Waals surface area contributed by atoms with E-state index in [0.29, 0.717) is 22.3 Å². The molecular weight excluding hydrogens is 290 g/mol. The molecule has 0 aliphatic carbocycles. The number of aromatic nitrogens is 2. The quantitative estimate of drug-likeness (QED) is 0.739. The summed E-state index contributed by atoms with van der Waals surface area (Å²) >= 11 is 6.72. The fourth-order valence-electron chi connectivity index (χ4n) is 2.03. The van der Waals surface area contributed by atoms with Crippen LogP contribution in [0, 0.1) is 16.1 Å². The molecule has 2 heterocycles. The van der Waals surface area contributed by atoms with E-state index < -0.39 is 0 Å². The second kappa shape index (κ2) is 5.04. The van der Waals surface area contributed by atoms with E-state index in [2.05, 4.69) is 11.1 Å². The Bertz CT molecular complexity index is 926. The molecule has 1 N–H and O–H groups in total. The van der Waals surface area contributed by atoms with Gasteiger partial charge in [0.05, 0.1) is 23.6 Å². The van der Waals surface area contributed by atoms with E-state index in [4.69, 9.17) is 17.5 Å². The molecule has 20 heavy (non-hydrogen) atoms. The van der Waals surface area contributed by atoms with Gasteiger partial charge in [0, 0.05) is 0 Å². The second-order valence-corrected chi connectivity index (χ2v) is 5.54. The first-order valence-corrected chi connectivity index (χ1v) is 7.18. The predicted octanol–water partition coefficient (Wildman–Crippen LogP) is 3.18. The molecule has 4 nitrogen and oxygen atoms in total. The van der Waals surface area contributed by atoms with Gasteiger partial charge in [-0.25, -0.2) is 0 Å². The van der Waals surface area contributed by atoms with Crippen LogP contribution in [0.15, 0.2) is 40.5 Å². The molecule has 0 fully saturated rings. The zero-order valence-corrected chi connectivity index (χ0v) is 11.9. The van der Waals surface area contributed by atoms with Gasteiger partial charge in [-0.2, -0.15) is 5.26 Å². The van der Waals surface area contributed by atoms with Gasteiger partial charge in [-0.3, -0.25) is 9.36 Å². The Morgan fingerprint density at radius 2 is 2.05 bits per heavy atom. The third kappa shape index (κ3) is 2.07. The van der Waals surface area contributed by atoms with Gasteiger partial charge in [-0.05, 0) is 41.4 Å². The van der Waals surface area contributed by atoms with Crippen LogP contribution in [0.1, 0.15) is 5.56 Å². The van der Waals surface area contributed by atoms with Crippen LogP contribution in [0.4, 0.5) is 0 Å². The van der Waals surface area contributed by atoms with E-state index in [1.165, 1.54) is 15.9 Å². The van der Waals surface area contributed by atoms with Gasteiger partial charge in [0.25, 0.3) is 5.56 Å². The van der Waals surface area contributed by atoms with Crippen molar-refractivity contribution in [2.45, 2.75) is 6.42 Å². The molecule has 0 saturated carbocycles. The molecule has 0 aliphatic heterocycles. The van der Waals surface area contributed by atoms with E-state index >= 15 is 0 Å². The van der Waals surface area contributed by atoms with E-state index in [9.17, 15) is 4.79 Å². The highest BCUT2D eigenvalue weighted by molar-refractivity contribution is 7.71. The van der Waals surface area contributed by atoms with Crippen molar-refractivity contribution in [3.8, 4) is 11.8 Å². The Hall–Kier alpha value is -2.23. The summed E-state index contributed by atoms with van der Waals surface area (Å²) in [5, 5.41) is 11.2. The molecule has 3 aromatic rings. The third-order valence-corrected chi connectivity index (χ3v) is 4.11. The van der Waals surface area contributed by atoms with Crippen LogP contribution >= 0.6 is 23.6 Å². The molecule has 0 amide bonds. The summed E-state index contributed by atoms with van der Waals surface area (Å²) in [7, 11) is 0. The predicted molar refractivity (Wildman–Crippen MR) is 81.9 cm³/mol. The van der Waals surface area contributed by atoms with Gasteiger partial charge >= 0.3 is 0 Å². The van der Waals surface area contributed by atoms with Crippen LogP contribution in [0.25, 0.3) is 15.9 Å². The monoisotopic (exact) mass is 299 g/mol. The number of H-pyrrole nitrogens is 1. The number of fused-ring (bicyclic) bond motifs is 1. The number of nitrogens with one attached hydrogen (secondary N) is 1. The van der Waals surface area contributed by atoms with Crippen LogP contribution in [0.5, 0.6) is 0 Å². The topological polar surface area (TPSA) is 61.6 Å². The van der Waals surface area contributed by atoms with Crippen LogP contribution in [0.3, 0.4) is 0 Å². The molecule has 1 aromatic carbocycles. The highest BCUT2D eigenvalue weighted by Crippen LogP contribution is 2.16. The highest BCUT2D eigenvalue weighted by atomic mass is 32.1. The maximum atomic E-state index is 12.5. The molecule has 0 aliphatic rings. The van der Waals surface area contributed by atoms with E-state index in [0.717, 1.165) is 10.4 Å². The molecule has 0 saturated heterocycles. The van der Waals surface area contributed by atoms with Gasteiger partial charge in [0.1, 0.15) is 4.83 Å². The van der Waals surface area contributed by atoms with Crippen molar-refractivity contribution in [3.05, 3.63) is 56.4 Å². The first-order chi connectivity index (χ1) is 9.70. The van der Waals surface area contributed by atoms with Gasteiger partial charge < -0.3 is 4.98 Å². The molecular formula is C14H9N3OS2. The number of hydrogen-bond donors (Lipinski definition) is 1. The SMILES string of the molecule is N#CCc1ccc(-n2c(=S)[nH]c3sccc3c2=O)cc1. The number of thiophene rings is 1. The lowest BCUT2D eigenvalue weighted by atomic mass is 10.1. The number of benzene rings is 1. The Morgan fingerprint density at radius 1 is 1.30 bits per heavy atom. The van der Waals surface area contributed by atoms with Crippen molar-refractivity contribution < 1.29 is 0 Å². The van der Waals surface area contributed by atoms with Gasteiger partial charge in [-0.1, -0.05) is 12.1 Å². The van der Waals surface area contributed by atoms with Crippen LogP contribution in [0.2, 0.25) is 0 Å². The minimum Gasteiger partial charge on any atom is -0.323 e. The zero-order chi connectivity index (χ0) is 14.1. The number of nitrogens with zero attached hydrogens (tertiary/aromatic N) is 2. The first kappa shape index (κ1) is 12.8. The number of nitriles is 1. The zero-order valence-electron chi connectivity index (χ0n) is 10.3. The molecule has 6 heteroatoms. The average molecular weight is 299 g/mol. The van der Waals surface area contributed by atoms with Crippen molar-refractivity contribution in [2.75, 3.05) is 0 Å². The second-order valence-electron chi connectivity index (χ2n) is 4.24. The molecule has 3 rings (SSSR count). The Morgan fingerprint density at radius 3 is 2.75 bits per heavy atom. The maximum absolute atomic E-state index is 12.5. The number of rotatable bonds is 2. The Balaban J connectivity index is 2.21. The average Bonchev–Trinajstić information content (AvgIpc) is 2.89. The summed E-state index contributed by atoms with van der Waals surface area (Å²) in [6.07, 6.45) is 0.353. The Kier molecular flexibility index (Phi) is 3.22. The molecule has 98 valence electrons. The largest absolute Gasteiger partial charge is 0.323 e. The first-order valence-electron chi connectivity index (χ1n) is 5.89. The van der Waals surface area contributed by atoms with Crippen LogP contribution in [-0.2, 0) is 6.42 Å². The summed E-state index contributed by atoms with van der Waals surface area (Å²) in [5.74, 6) is 0. The lowest BCUT2D eigenvalue weighted by Crippen LogP contribution is -2.19. The fourth-order valence-corrected chi connectivity index (χ4v) is 3.16. The summed E-state index contributed by atoms with van der Waals surface area (Å²) in [5.41, 5.74) is 1.49.